The molecule has 2 aromatic carbocycles. The number of nitrogens with one attached hydrogen (secondary N) is 3. The van der Waals surface area contributed by atoms with Crippen LogP contribution in [-0.4, -0.2) is 82.0 Å². The predicted octanol–water partition coefficient (Wildman–Crippen LogP) is 0.322. The SMILES string of the molecule is CC(C)[C@H](NC(=O)[C@@H]1CCCN1C(=O)CNC(=O)[C@@H](Cc1ccc(O)cc1)NC(=O)[C@H](N)Cc1ccccc1)C(=O)O. The van der Waals surface area contributed by atoms with Gasteiger partial charge in [0.25, 0.3) is 0 Å². The molecule has 1 heterocycles. The summed E-state index contributed by atoms with van der Waals surface area (Å²) in [5.41, 5.74) is 7.64. The fourth-order valence-corrected chi connectivity index (χ4v) is 4.80. The molecule has 0 aliphatic carbocycles. The number of benzene rings is 2. The molecule has 1 aliphatic rings. The number of aromatic hydroxyl groups is 1. The predicted molar refractivity (Wildman–Crippen MR) is 154 cm³/mol. The highest BCUT2D eigenvalue weighted by molar-refractivity contribution is 5.94. The lowest BCUT2D eigenvalue weighted by molar-refractivity contribution is -0.145. The van der Waals surface area contributed by atoms with Crippen LogP contribution in [0.25, 0.3) is 0 Å². The maximum atomic E-state index is 13.2. The zero-order valence-electron chi connectivity index (χ0n) is 23.8. The number of carbonyl (C=O) groups is 5. The first-order chi connectivity index (χ1) is 20.0. The average Bonchev–Trinajstić information content (AvgIpc) is 3.45. The third-order valence-electron chi connectivity index (χ3n) is 7.16. The molecular weight excluding hydrogens is 542 g/mol. The van der Waals surface area contributed by atoms with Gasteiger partial charge in [0.15, 0.2) is 0 Å². The molecule has 0 spiro atoms. The number of carboxylic acids is 1. The lowest BCUT2D eigenvalue weighted by Gasteiger charge is -2.27. The number of carboxylic acid groups (broad SMARTS) is 1. The second kappa shape index (κ2) is 15.0. The van der Waals surface area contributed by atoms with E-state index in [-0.39, 0.29) is 31.1 Å². The van der Waals surface area contributed by atoms with E-state index in [4.69, 9.17) is 5.73 Å². The van der Waals surface area contributed by atoms with Crippen LogP contribution >= 0.6 is 0 Å². The molecule has 0 aromatic heterocycles. The molecule has 7 N–H and O–H groups in total. The van der Waals surface area contributed by atoms with Crippen LogP contribution in [0.2, 0.25) is 0 Å². The maximum absolute atomic E-state index is 13.2. The Bertz CT molecular complexity index is 1250. The van der Waals surface area contributed by atoms with Crippen molar-refractivity contribution in [2.75, 3.05) is 13.1 Å². The molecule has 12 nitrogen and oxygen atoms in total. The summed E-state index contributed by atoms with van der Waals surface area (Å²) in [6.45, 7) is 3.21. The van der Waals surface area contributed by atoms with Gasteiger partial charge >= 0.3 is 5.97 Å². The summed E-state index contributed by atoms with van der Waals surface area (Å²) in [7, 11) is 0. The summed E-state index contributed by atoms with van der Waals surface area (Å²) in [6, 6.07) is 11.4. The molecular formula is C30H39N5O7. The normalized spacial score (nSPS) is 16.8. The Hall–Kier alpha value is -4.45. The number of nitrogens with two attached hydrogens (primary N) is 1. The van der Waals surface area contributed by atoms with Gasteiger partial charge < -0.3 is 36.8 Å². The van der Waals surface area contributed by atoms with Crippen LogP contribution < -0.4 is 21.7 Å². The highest BCUT2D eigenvalue weighted by Crippen LogP contribution is 2.18. The van der Waals surface area contributed by atoms with Crippen LogP contribution in [0.3, 0.4) is 0 Å². The number of hydrogen-bond acceptors (Lipinski definition) is 7. The van der Waals surface area contributed by atoms with Crippen LogP contribution in [-0.2, 0) is 36.8 Å². The fraction of sp³-hybridized carbons (Fsp3) is 0.433. The molecule has 1 aliphatic heterocycles. The Morgan fingerprint density at radius 1 is 0.929 bits per heavy atom. The van der Waals surface area contributed by atoms with Gasteiger partial charge in [-0.3, -0.25) is 19.2 Å². The van der Waals surface area contributed by atoms with E-state index in [1.54, 1.807) is 26.0 Å². The summed E-state index contributed by atoms with van der Waals surface area (Å²) >= 11 is 0. The Labute approximate surface area is 244 Å². The topological polar surface area (TPSA) is 191 Å². The van der Waals surface area contributed by atoms with E-state index in [2.05, 4.69) is 16.0 Å². The van der Waals surface area contributed by atoms with Crippen molar-refractivity contribution in [3.8, 4) is 5.75 Å². The molecule has 0 saturated carbocycles. The van der Waals surface area contributed by atoms with Crippen LogP contribution in [0.5, 0.6) is 5.75 Å². The molecule has 3 rings (SSSR count). The van der Waals surface area contributed by atoms with E-state index in [1.165, 1.54) is 17.0 Å². The van der Waals surface area contributed by atoms with E-state index in [9.17, 15) is 34.2 Å². The van der Waals surface area contributed by atoms with Crippen molar-refractivity contribution in [3.63, 3.8) is 0 Å². The van der Waals surface area contributed by atoms with Gasteiger partial charge in [-0.15, -0.1) is 0 Å². The summed E-state index contributed by atoms with van der Waals surface area (Å²) in [6.07, 6.45) is 1.26. The van der Waals surface area contributed by atoms with Gasteiger partial charge in [0.05, 0.1) is 12.6 Å². The molecule has 42 heavy (non-hydrogen) atoms. The Kier molecular flexibility index (Phi) is 11.4. The molecule has 226 valence electrons. The number of phenolic OH excluding ortho intramolecular Hbond substituents is 1. The quantitative estimate of drug-likeness (QED) is 0.195. The lowest BCUT2D eigenvalue weighted by Crippen LogP contribution is -2.55. The standard InChI is InChI=1S/C30H39N5O7/c1-18(2)26(30(41)42)34-29(40)24-9-6-14-35(24)25(37)17-32-28(39)23(16-20-10-12-21(36)13-11-20)33-27(38)22(31)15-19-7-4-3-5-8-19/h3-5,7-8,10-13,18,22-24,26,36H,6,9,14-17,31H2,1-2H3,(H,32,39)(H,33,38)(H,34,40)(H,41,42)/t22-,23-,24+,26+/m1/s1. The molecule has 4 amide bonds. The number of phenols is 1. The van der Waals surface area contributed by atoms with Crippen LogP contribution in [0.1, 0.15) is 37.8 Å². The summed E-state index contributed by atoms with van der Waals surface area (Å²) < 4.78 is 0. The van der Waals surface area contributed by atoms with Crippen LogP contribution in [0.4, 0.5) is 0 Å². The monoisotopic (exact) mass is 581 g/mol. The Balaban J connectivity index is 1.65. The number of rotatable bonds is 13. The molecule has 0 radical (unpaired) electrons. The van der Waals surface area contributed by atoms with Gasteiger partial charge in [0.1, 0.15) is 23.9 Å². The molecule has 1 fully saturated rings. The summed E-state index contributed by atoms with van der Waals surface area (Å²) in [4.78, 5) is 64.9. The third kappa shape index (κ3) is 9.03. The summed E-state index contributed by atoms with van der Waals surface area (Å²) in [5.74, 6) is -3.69. The Morgan fingerprint density at radius 2 is 1.57 bits per heavy atom. The van der Waals surface area contributed by atoms with Crippen molar-refractivity contribution in [1.29, 1.82) is 0 Å². The molecule has 4 atom stereocenters. The lowest BCUT2D eigenvalue weighted by atomic mass is 10.0. The van der Waals surface area contributed by atoms with Crippen molar-refractivity contribution in [1.82, 2.24) is 20.9 Å². The minimum absolute atomic E-state index is 0.0477. The van der Waals surface area contributed by atoms with E-state index in [0.29, 0.717) is 18.4 Å². The van der Waals surface area contributed by atoms with Crippen molar-refractivity contribution < 1.29 is 34.2 Å². The number of nitrogens with zero attached hydrogens (tertiary/aromatic N) is 1. The molecule has 2 aromatic rings. The minimum Gasteiger partial charge on any atom is -0.508 e. The zero-order chi connectivity index (χ0) is 30.8. The first-order valence-corrected chi connectivity index (χ1v) is 13.9. The number of likely N-dealkylation sites (tertiary alicyclic amines) is 1. The van der Waals surface area contributed by atoms with E-state index in [0.717, 1.165) is 5.56 Å². The first-order valence-electron chi connectivity index (χ1n) is 13.9. The van der Waals surface area contributed by atoms with Gasteiger partial charge in [-0.05, 0) is 48.4 Å². The highest BCUT2D eigenvalue weighted by atomic mass is 16.4. The van der Waals surface area contributed by atoms with Crippen molar-refractivity contribution in [3.05, 3.63) is 65.7 Å². The fourth-order valence-electron chi connectivity index (χ4n) is 4.80. The number of carbonyl (C=O) groups excluding carboxylic acids is 4. The molecule has 12 heteroatoms. The van der Waals surface area contributed by atoms with E-state index < -0.39 is 60.3 Å². The maximum Gasteiger partial charge on any atom is 0.326 e. The zero-order valence-corrected chi connectivity index (χ0v) is 23.8. The van der Waals surface area contributed by atoms with Crippen LogP contribution in [0, 0.1) is 5.92 Å². The van der Waals surface area contributed by atoms with Crippen LogP contribution in [0.15, 0.2) is 54.6 Å². The van der Waals surface area contributed by atoms with Crippen molar-refractivity contribution in [2.45, 2.75) is 63.7 Å². The molecule has 0 bridgehead atoms. The second-order valence-corrected chi connectivity index (χ2v) is 10.8. The van der Waals surface area contributed by atoms with Gasteiger partial charge in [0, 0.05) is 13.0 Å². The highest BCUT2D eigenvalue weighted by Gasteiger charge is 2.36. The summed E-state index contributed by atoms with van der Waals surface area (Å²) in [5, 5.41) is 26.8. The number of hydrogen-bond donors (Lipinski definition) is 6. The first kappa shape index (κ1) is 32.1. The van der Waals surface area contributed by atoms with Gasteiger partial charge in [0.2, 0.25) is 23.6 Å². The van der Waals surface area contributed by atoms with Gasteiger partial charge in [-0.2, -0.15) is 0 Å². The molecule has 0 unspecified atom stereocenters. The van der Waals surface area contributed by atoms with Gasteiger partial charge in [-0.1, -0.05) is 56.3 Å². The van der Waals surface area contributed by atoms with E-state index in [1.807, 2.05) is 30.3 Å². The van der Waals surface area contributed by atoms with E-state index >= 15 is 0 Å². The van der Waals surface area contributed by atoms with Crippen molar-refractivity contribution in [2.24, 2.45) is 11.7 Å². The second-order valence-electron chi connectivity index (χ2n) is 10.8. The number of amides is 4. The van der Waals surface area contributed by atoms with Gasteiger partial charge in [-0.25, -0.2) is 4.79 Å². The third-order valence-corrected chi connectivity index (χ3v) is 7.16. The smallest absolute Gasteiger partial charge is 0.326 e. The molecule has 1 saturated heterocycles. The average molecular weight is 582 g/mol. The Morgan fingerprint density at radius 3 is 2.19 bits per heavy atom. The van der Waals surface area contributed by atoms with Crippen molar-refractivity contribution >= 4 is 29.6 Å². The number of aliphatic carboxylic acids is 1. The largest absolute Gasteiger partial charge is 0.508 e. The minimum atomic E-state index is -1.16.